The Labute approximate surface area is 112 Å². The number of benzene rings is 1. The summed E-state index contributed by atoms with van der Waals surface area (Å²) in [6.07, 6.45) is 0. The van der Waals surface area contributed by atoms with Crippen molar-refractivity contribution in [1.82, 2.24) is 5.32 Å². The largest absolute Gasteiger partial charge is 0.468 e. The van der Waals surface area contributed by atoms with Crippen molar-refractivity contribution in [2.75, 3.05) is 7.11 Å². The third-order valence-corrected chi connectivity index (χ3v) is 2.80. The summed E-state index contributed by atoms with van der Waals surface area (Å²) in [6, 6.07) is 3.13. The highest BCUT2D eigenvalue weighted by atomic mass is 19.2. The van der Waals surface area contributed by atoms with Crippen molar-refractivity contribution >= 4 is 5.97 Å². The summed E-state index contributed by atoms with van der Waals surface area (Å²) in [5.74, 6) is -2.16. The number of methoxy groups -OCH3 is 1. The molecule has 0 aromatic heterocycles. The molecule has 0 spiro atoms. The summed E-state index contributed by atoms with van der Waals surface area (Å²) < 4.78 is 30.6. The van der Waals surface area contributed by atoms with Gasteiger partial charge in [-0.2, -0.15) is 0 Å². The SMILES string of the molecule is COC(=O)[C@@H](NCc1ccc(F)c(F)c1)C(C)(C)C. The Bertz CT molecular complexity index is 455. The van der Waals surface area contributed by atoms with Crippen LogP contribution in [0.25, 0.3) is 0 Å². The van der Waals surface area contributed by atoms with Gasteiger partial charge in [-0.15, -0.1) is 0 Å². The van der Waals surface area contributed by atoms with Gasteiger partial charge in [-0.25, -0.2) is 8.78 Å². The predicted octanol–water partition coefficient (Wildman–Crippen LogP) is 2.64. The molecule has 3 nitrogen and oxygen atoms in total. The van der Waals surface area contributed by atoms with Crippen molar-refractivity contribution in [3.05, 3.63) is 35.4 Å². The summed E-state index contributed by atoms with van der Waals surface area (Å²) in [6.45, 7) is 5.95. The second kappa shape index (κ2) is 6.10. The zero-order valence-electron chi connectivity index (χ0n) is 11.6. The molecule has 0 saturated carbocycles. The van der Waals surface area contributed by atoms with Crippen molar-refractivity contribution in [2.24, 2.45) is 5.41 Å². The Balaban J connectivity index is 2.76. The average molecular weight is 271 g/mol. The van der Waals surface area contributed by atoms with E-state index in [-0.39, 0.29) is 17.9 Å². The number of rotatable bonds is 4. The van der Waals surface area contributed by atoms with Gasteiger partial charge in [0, 0.05) is 6.54 Å². The quantitative estimate of drug-likeness (QED) is 0.856. The highest BCUT2D eigenvalue weighted by molar-refractivity contribution is 5.76. The lowest BCUT2D eigenvalue weighted by Gasteiger charge is -2.29. The molecule has 5 heteroatoms. The summed E-state index contributed by atoms with van der Waals surface area (Å²) in [4.78, 5) is 11.7. The highest BCUT2D eigenvalue weighted by Gasteiger charge is 2.31. The standard InChI is InChI=1S/C14H19F2NO2/c1-14(2,3)12(13(18)19-4)17-8-9-5-6-10(15)11(16)7-9/h5-7,12,17H,8H2,1-4H3/t12-/m1/s1. The molecule has 1 rings (SSSR count). The maximum Gasteiger partial charge on any atom is 0.323 e. The Morgan fingerprint density at radius 2 is 1.95 bits per heavy atom. The lowest BCUT2D eigenvalue weighted by Crippen LogP contribution is -2.46. The lowest BCUT2D eigenvalue weighted by atomic mass is 9.86. The molecule has 0 bridgehead atoms. The van der Waals surface area contributed by atoms with Gasteiger partial charge < -0.3 is 4.74 Å². The van der Waals surface area contributed by atoms with E-state index < -0.39 is 17.7 Å². The van der Waals surface area contributed by atoms with E-state index in [4.69, 9.17) is 4.74 Å². The number of nitrogens with one attached hydrogen (secondary N) is 1. The van der Waals surface area contributed by atoms with Crippen LogP contribution in [0.2, 0.25) is 0 Å². The highest BCUT2D eigenvalue weighted by Crippen LogP contribution is 2.21. The number of esters is 1. The van der Waals surface area contributed by atoms with Crippen LogP contribution in [0.15, 0.2) is 18.2 Å². The average Bonchev–Trinajstić information content (AvgIpc) is 2.31. The molecule has 1 N–H and O–H groups in total. The maximum absolute atomic E-state index is 13.1. The van der Waals surface area contributed by atoms with Crippen LogP contribution < -0.4 is 5.32 Å². The first-order chi connectivity index (χ1) is 8.75. The smallest absolute Gasteiger partial charge is 0.323 e. The number of ether oxygens (including phenoxy) is 1. The van der Waals surface area contributed by atoms with Crippen molar-refractivity contribution < 1.29 is 18.3 Å². The number of carbonyl (C=O) groups excluding carboxylic acids is 1. The molecule has 106 valence electrons. The van der Waals surface area contributed by atoms with Gasteiger partial charge >= 0.3 is 5.97 Å². The van der Waals surface area contributed by atoms with Gasteiger partial charge in [0.25, 0.3) is 0 Å². The van der Waals surface area contributed by atoms with Crippen LogP contribution in [0.1, 0.15) is 26.3 Å². The second-order valence-electron chi connectivity index (χ2n) is 5.45. The molecule has 1 aromatic carbocycles. The molecule has 0 unspecified atom stereocenters. The number of hydrogen-bond acceptors (Lipinski definition) is 3. The summed E-state index contributed by atoms with van der Waals surface area (Å²) in [5.41, 5.74) is 0.225. The Hall–Kier alpha value is -1.49. The minimum Gasteiger partial charge on any atom is -0.468 e. The molecule has 0 aliphatic rings. The fraction of sp³-hybridized carbons (Fsp3) is 0.500. The molecule has 0 aliphatic heterocycles. The zero-order chi connectivity index (χ0) is 14.6. The first-order valence-corrected chi connectivity index (χ1v) is 6.01. The first-order valence-electron chi connectivity index (χ1n) is 6.01. The first kappa shape index (κ1) is 15.6. The van der Waals surface area contributed by atoms with Crippen LogP contribution in [-0.4, -0.2) is 19.1 Å². The van der Waals surface area contributed by atoms with Crippen molar-refractivity contribution in [3.8, 4) is 0 Å². The van der Waals surface area contributed by atoms with Gasteiger partial charge in [0.15, 0.2) is 11.6 Å². The van der Waals surface area contributed by atoms with E-state index in [1.807, 2.05) is 20.8 Å². The van der Waals surface area contributed by atoms with Gasteiger partial charge in [-0.3, -0.25) is 10.1 Å². The van der Waals surface area contributed by atoms with E-state index in [2.05, 4.69) is 5.32 Å². The van der Waals surface area contributed by atoms with Gasteiger partial charge in [0.05, 0.1) is 7.11 Å². The van der Waals surface area contributed by atoms with Crippen LogP contribution >= 0.6 is 0 Å². The summed E-state index contributed by atoms with van der Waals surface area (Å²) >= 11 is 0. The third kappa shape index (κ3) is 4.28. The molecule has 0 radical (unpaired) electrons. The third-order valence-electron chi connectivity index (χ3n) is 2.80. The molecular weight excluding hydrogens is 252 g/mol. The predicted molar refractivity (Wildman–Crippen MR) is 68.5 cm³/mol. The van der Waals surface area contributed by atoms with Crippen LogP contribution in [0.5, 0.6) is 0 Å². The fourth-order valence-electron chi connectivity index (χ4n) is 1.73. The normalized spacial score (nSPS) is 13.2. The molecule has 0 amide bonds. The van der Waals surface area contributed by atoms with E-state index >= 15 is 0 Å². The molecule has 0 aliphatic carbocycles. The Morgan fingerprint density at radius 1 is 1.32 bits per heavy atom. The molecule has 0 heterocycles. The minimum atomic E-state index is -0.898. The van der Waals surface area contributed by atoms with Crippen LogP contribution in [0.3, 0.4) is 0 Å². The van der Waals surface area contributed by atoms with E-state index in [0.717, 1.165) is 12.1 Å². The van der Waals surface area contributed by atoms with Crippen LogP contribution in [0.4, 0.5) is 8.78 Å². The molecule has 1 aromatic rings. The molecular formula is C14H19F2NO2. The number of hydrogen-bond donors (Lipinski definition) is 1. The van der Waals surface area contributed by atoms with Crippen molar-refractivity contribution in [1.29, 1.82) is 0 Å². The lowest BCUT2D eigenvalue weighted by molar-refractivity contribution is -0.146. The van der Waals surface area contributed by atoms with E-state index in [1.54, 1.807) is 0 Å². The van der Waals surface area contributed by atoms with E-state index in [9.17, 15) is 13.6 Å². The van der Waals surface area contributed by atoms with Gasteiger partial charge in [0.2, 0.25) is 0 Å². The van der Waals surface area contributed by atoms with E-state index in [1.165, 1.54) is 13.2 Å². The number of halogens is 2. The van der Waals surface area contributed by atoms with Gasteiger partial charge in [-0.05, 0) is 23.1 Å². The molecule has 1 atom stereocenters. The minimum absolute atomic E-state index is 0.258. The molecule has 0 saturated heterocycles. The molecule has 0 fully saturated rings. The van der Waals surface area contributed by atoms with Crippen molar-refractivity contribution in [3.63, 3.8) is 0 Å². The fourth-order valence-corrected chi connectivity index (χ4v) is 1.73. The van der Waals surface area contributed by atoms with Gasteiger partial charge in [-0.1, -0.05) is 26.8 Å². The van der Waals surface area contributed by atoms with Crippen LogP contribution in [0, 0.1) is 17.0 Å². The zero-order valence-corrected chi connectivity index (χ0v) is 11.6. The Kier molecular flexibility index (Phi) is 5.00. The summed E-state index contributed by atoms with van der Waals surface area (Å²) in [5, 5.41) is 3.01. The monoisotopic (exact) mass is 271 g/mol. The second-order valence-corrected chi connectivity index (χ2v) is 5.45. The van der Waals surface area contributed by atoms with Crippen molar-refractivity contribution in [2.45, 2.75) is 33.4 Å². The Morgan fingerprint density at radius 3 is 2.42 bits per heavy atom. The van der Waals surface area contributed by atoms with Crippen LogP contribution in [-0.2, 0) is 16.1 Å². The molecule has 19 heavy (non-hydrogen) atoms. The topological polar surface area (TPSA) is 38.3 Å². The van der Waals surface area contributed by atoms with Gasteiger partial charge in [0.1, 0.15) is 6.04 Å². The van der Waals surface area contributed by atoms with E-state index in [0.29, 0.717) is 5.56 Å². The maximum atomic E-state index is 13.1. The number of carbonyl (C=O) groups is 1. The summed E-state index contributed by atoms with van der Waals surface area (Å²) in [7, 11) is 1.32.